The van der Waals surface area contributed by atoms with Crippen LogP contribution in [-0.4, -0.2) is 26.3 Å². The molecule has 0 heterocycles. The molecule has 0 aliphatic heterocycles. The third kappa shape index (κ3) is 3.86. The molecular weight excluding hydrogens is 282 g/mol. The van der Waals surface area contributed by atoms with E-state index in [1.54, 1.807) is 6.07 Å². The highest BCUT2D eigenvalue weighted by molar-refractivity contribution is 7.92. The molecule has 21 heavy (non-hydrogen) atoms. The maximum Gasteiger partial charge on any atom is 0.181 e. The van der Waals surface area contributed by atoms with Gasteiger partial charge >= 0.3 is 0 Å². The average Bonchev–Trinajstić information content (AvgIpc) is 2.92. The predicted octanol–water partition coefficient (Wildman–Crippen LogP) is 3.12. The fraction of sp³-hybridized carbons (Fsp3) is 0.647. The molecule has 2 atom stereocenters. The normalized spacial score (nSPS) is 17.5. The van der Waals surface area contributed by atoms with Crippen LogP contribution in [0.15, 0.2) is 23.1 Å². The van der Waals surface area contributed by atoms with Gasteiger partial charge in [-0.1, -0.05) is 13.0 Å². The summed E-state index contributed by atoms with van der Waals surface area (Å²) in [7, 11) is -3.22. The number of benzene rings is 1. The monoisotopic (exact) mass is 309 g/mol. The maximum absolute atomic E-state index is 12.7. The Labute approximate surface area is 129 Å². The number of rotatable bonds is 7. The lowest BCUT2D eigenvalue weighted by Gasteiger charge is -2.19. The molecule has 4 heteroatoms. The van der Waals surface area contributed by atoms with Crippen molar-refractivity contribution in [2.45, 2.75) is 69.1 Å². The fourth-order valence-corrected chi connectivity index (χ4v) is 4.63. The number of nitrogens with one attached hydrogen (secondary N) is 1. The third-order valence-corrected chi connectivity index (χ3v) is 6.52. The van der Waals surface area contributed by atoms with Crippen molar-refractivity contribution in [2.24, 2.45) is 0 Å². The standard InChI is InChI=1S/C17H27NO2S/c1-4-10-18-13(2)11-14(3)21(19,20)17-9-8-15-6-5-7-16(15)12-17/h8-9,12-14,18H,4-7,10-11H2,1-3H3. The van der Waals surface area contributed by atoms with Gasteiger partial charge in [-0.3, -0.25) is 0 Å². The van der Waals surface area contributed by atoms with Crippen molar-refractivity contribution in [3.63, 3.8) is 0 Å². The highest BCUT2D eigenvalue weighted by Gasteiger charge is 2.26. The molecule has 1 aromatic rings. The molecule has 0 fully saturated rings. The highest BCUT2D eigenvalue weighted by Crippen LogP contribution is 2.27. The van der Waals surface area contributed by atoms with Gasteiger partial charge in [0.15, 0.2) is 9.84 Å². The van der Waals surface area contributed by atoms with Crippen molar-refractivity contribution in [1.82, 2.24) is 5.32 Å². The SMILES string of the molecule is CCCNC(C)CC(C)S(=O)(=O)c1ccc2c(c1)CCC2. The average molecular weight is 309 g/mol. The van der Waals surface area contributed by atoms with E-state index in [1.807, 2.05) is 19.1 Å². The molecule has 0 amide bonds. The summed E-state index contributed by atoms with van der Waals surface area (Å²) in [6.07, 6.45) is 4.97. The maximum atomic E-state index is 12.7. The summed E-state index contributed by atoms with van der Waals surface area (Å²) in [4.78, 5) is 0.498. The van der Waals surface area contributed by atoms with Gasteiger partial charge in [-0.05, 0) is 75.8 Å². The predicted molar refractivity (Wildman–Crippen MR) is 87.5 cm³/mol. The molecule has 1 aliphatic rings. The smallest absolute Gasteiger partial charge is 0.181 e. The van der Waals surface area contributed by atoms with Crippen molar-refractivity contribution in [1.29, 1.82) is 0 Å². The summed E-state index contributed by atoms with van der Waals surface area (Å²) in [5.74, 6) is 0. The lowest BCUT2D eigenvalue weighted by atomic mass is 10.1. The molecule has 2 unspecified atom stereocenters. The zero-order valence-corrected chi connectivity index (χ0v) is 14.2. The summed E-state index contributed by atoms with van der Waals surface area (Å²) < 4.78 is 25.4. The van der Waals surface area contributed by atoms with E-state index in [0.717, 1.165) is 32.2 Å². The Morgan fingerprint density at radius 1 is 1.19 bits per heavy atom. The molecule has 3 nitrogen and oxygen atoms in total. The Hall–Kier alpha value is -0.870. The summed E-state index contributed by atoms with van der Waals surface area (Å²) >= 11 is 0. The summed E-state index contributed by atoms with van der Waals surface area (Å²) in [6.45, 7) is 6.94. The second kappa shape index (κ2) is 6.93. The minimum Gasteiger partial charge on any atom is -0.314 e. The first kappa shape index (κ1) is 16.5. The Kier molecular flexibility index (Phi) is 5.44. The lowest BCUT2D eigenvalue weighted by molar-refractivity contribution is 0.497. The molecule has 0 saturated carbocycles. The Morgan fingerprint density at radius 3 is 2.62 bits per heavy atom. The quantitative estimate of drug-likeness (QED) is 0.842. The Morgan fingerprint density at radius 2 is 1.90 bits per heavy atom. The first-order chi connectivity index (χ1) is 9.95. The summed E-state index contributed by atoms with van der Waals surface area (Å²) in [5.41, 5.74) is 2.54. The van der Waals surface area contributed by atoms with E-state index in [9.17, 15) is 8.42 Å². The van der Waals surface area contributed by atoms with Gasteiger partial charge in [0.1, 0.15) is 0 Å². The molecule has 2 rings (SSSR count). The van der Waals surface area contributed by atoms with Crippen LogP contribution in [0.1, 0.15) is 51.2 Å². The molecule has 0 radical (unpaired) electrons. The van der Waals surface area contributed by atoms with Gasteiger partial charge in [-0.15, -0.1) is 0 Å². The first-order valence-electron chi connectivity index (χ1n) is 8.04. The van der Waals surface area contributed by atoms with Crippen LogP contribution in [0.25, 0.3) is 0 Å². The van der Waals surface area contributed by atoms with Crippen LogP contribution in [0, 0.1) is 0 Å². The van der Waals surface area contributed by atoms with Gasteiger partial charge in [0.05, 0.1) is 10.1 Å². The van der Waals surface area contributed by atoms with Crippen LogP contribution in [0.3, 0.4) is 0 Å². The van der Waals surface area contributed by atoms with Crippen molar-refractivity contribution in [3.05, 3.63) is 29.3 Å². The zero-order valence-electron chi connectivity index (χ0n) is 13.4. The highest BCUT2D eigenvalue weighted by atomic mass is 32.2. The van der Waals surface area contributed by atoms with Crippen molar-refractivity contribution >= 4 is 9.84 Å². The van der Waals surface area contributed by atoms with Gasteiger partial charge in [-0.25, -0.2) is 8.42 Å². The zero-order chi connectivity index (χ0) is 15.5. The van der Waals surface area contributed by atoms with Crippen LogP contribution in [0.2, 0.25) is 0 Å². The lowest BCUT2D eigenvalue weighted by Crippen LogP contribution is -2.32. The van der Waals surface area contributed by atoms with Gasteiger partial charge in [-0.2, -0.15) is 0 Å². The molecule has 0 bridgehead atoms. The second-order valence-corrected chi connectivity index (χ2v) is 8.60. The van der Waals surface area contributed by atoms with E-state index < -0.39 is 9.84 Å². The van der Waals surface area contributed by atoms with Crippen LogP contribution in [0.4, 0.5) is 0 Å². The van der Waals surface area contributed by atoms with Gasteiger partial charge in [0.2, 0.25) is 0 Å². The number of hydrogen-bond donors (Lipinski definition) is 1. The summed E-state index contributed by atoms with van der Waals surface area (Å²) in [6, 6.07) is 5.92. The molecule has 1 aliphatic carbocycles. The van der Waals surface area contributed by atoms with E-state index >= 15 is 0 Å². The number of aryl methyl sites for hydroxylation is 2. The minimum atomic E-state index is -3.22. The Bertz CT molecular complexity index is 580. The van der Waals surface area contributed by atoms with Crippen LogP contribution < -0.4 is 5.32 Å². The molecule has 0 saturated heterocycles. The molecule has 0 aromatic heterocycles. The molecule has 1 aromatic carbocycles. The van der Waals surface area contributed by atoms with Gasteiger partial charge in [0, 0.05) is 6.04 Å². The van der Waals surface area contributed by atoms with Crippen LogP contribution >= 0.6 is 0 Å². The number of fused-ring (bicyclic) bond motifs is 1. The second-order valence-electron chi connectivity index (χ2n) is 6.23. The van der Waals surface area contributed by atoms with E-state index in [-0.39, 0.29) is 11.3 Å². The summed E-state index contributed by atoms with van der Waals surface area (Å²) in [5, 5.41) is 3.01. The topological polar surface area (TPSA) is 46.2 Å². The third-order valence-electron chi connectivity index (χ3n) is 4.36. The van der Waals surface area contributed by atoms with E-state index in [4.69, 9.17) is 0 Å². The fourth-order valence-electron chi connectivity index (χ4n) is 3.06. The minimum absolute atomic E-state index is 0.226. The van der Waals surface area contributed by atoms with Gasteiger partial charge in [0.25, 0.3) is 0 Å². The largest absolute Gasteiger partial charge is 0.314 e. The van der Waals surface area contributed by atoms with Crippen molar-refractivity contribution in [3.8, 4) is 0 Å². The van der Waals surface area contributed by atoms with Gasteiger partial charge < -0.3 is 5.32 Å². The van der Waals surface area contributed by atoms with Crippen LogP contribution in [0.5, 0.6) is 0 Å². The van der Waals surface area contributed by atoms with Crippen molar-refractivity contribution < 1.29 is 8.42 Å². The van der Waals surface area contributed by atoms with E-state index in [2.05, 4.69) is 19.2 Å². The molecule has 1 N–H and O–H groups in total. The van der Waals surface area contributed by atoms with E-state index in [1.165, 1.54) is 11.1 Å². The first-order valence-corrected chi connectivity index (χ1v) is 9.59. The van der Waals surface area contributed by atoms with Crippen LogP contribution in [-0.2, 0) is 22.7 Å². The van der Waals surface area contributed by atoms with Crippen molar-refractivity contribution in [2.75, 3.05) is 6.54 Å². The molecular formula is C17H27NO2S. The Balaban J connectivity index is 2.10. The van der Waals surface area contributed by atoms with E-state index in [0.29, 0.717) is 11.3 Å². The molecule has 0 spiro atoms. The molecule has 118 valence electrons. The number of sulfone groups is 1. The number of hydrogen-bond acceptors (Lipinski definition) is 3.